The van der Waals surface area contributed by atoms with Gasteiger partial charge in [-0.25, -0.2) is 4.79 Å². The van der Waals surface area contributed by atoms with E-state index in [2.05, 4.69) is 0 Å². The Morgan fingerprint density at radius 2 is 1.52 bits per heavy atom. The highest BCUT2D eigenvalue weighted by molar-refractivity contribution is 6.30. The number of imide groups is 2. The molecule has 1 aromatic carbocycles. The Labute approximate surface area is 122 Å². The lowest BCUT2D eigenvalue weighted by atomic mass is 10.1. The van der Waals surface area contributed by atoms with E-state index < -0.39 is 17.8 Å². The summed E-state index contributed by atoms with van der Waals surface area (Å²) < 4.78 is 5.33. The molecule has 0 N–H and O–H groups in total. The van der Waals surface area contributed by atoms with Crippen LogP contribution in [0.15, 0.2) is 29.8 Å². The molecule has 6 nitrogen and oxygen atoms in total. The minimum atomic E-state index is -0.631. The molecule has 110 valence electrons. The molecule has 0 bridgehead atoms. The van der Waals surface area contributed by atoms with Gasteiger partial charge in [0, 0.05) is 14.1 Å². The van der Waals surface area contributed by atoms with Crippen LogP contribution in [0.4, 0.5) is 4.79 Å². The summed E-state index contributed by atoms with van der Waals surface area (Å²) in [5, 5.41) is 0. The molecule has 0 aromatic heterocycles. The van der Waals surface area contributed by atoms with Crippen LogP contribution in [0.25, 0.3) is 6.08 Å². The van der Waals surface area contributed by atoms with Crippen LogP contribution in [0.3, 0.4) is 0 Å². The molecule has 0 radical (unpaired) electrons. The molecule has 1 heterocycles. The van der Waals surface area contributed by atoms with E-state index in [0.29, 0.717) is 17.9 Å². The van der Waals surface area contributed by atoms with Crippen LogP contribution in [-0.4, -0.2) is 48.3 Å². The summed E-state index contributed by atoms with van der Waals surface area (Å²) in [5.74, 6) is -0.487. The second-order valence-electron chi connectivity index (χ2n) is 4.57. The van der Waals surface area contributed by atoms with Crippen LogP contribution in [-0.2, 0) is 9.59 Å². The first-order chi connectivity index (χ1) is 9.95. The van der Waals surface area contributed by atoms with E-state index in [1.807, 2.05) is 6.92 Å². The Hall–Kier alpha value is -2.63. The fraction of sp³-hybridized carbons (Fsp3) is 0.267. The standard InChI is InChI=1S/C15H16N2O4/c1-4-21-11-7-5-10(6-8-11)9-12-13(18)16(2)15(20)17(3)14(12)19/h5-9H,4H2,1-3H3. The third-order valence-corrected chi connectivity index (χ3v) is 3.15. The minimum Gasteiger partial charge on any atom is -0.494 e. The molecule has 0 atom stereocenters. The van der Waals surface area contributed by atoms with Crippen molar-refractivity contribution in [2.24, 2.45) is 0 Å². The van der Waals surface area contributed by atoms with E-state index in [-0.39, 0.29) is 5.57 Å². The molecule has 0 unspecified atom stereocenters. The summed E-state index contributed by atoms with van der Waals surface area (Å²) in [6, 6.07) is 6.37. The van der Waals surface area contributed by atoms with Gasteiger partial charge in [0.25, 0.3) is 11.8 Å². The first-order valence-corrected chi connectivity index (χ1v) is 6.50. The Morgan fingerprint density at radius 1 is 1.00 bits per heavy atom. The summed E-state index contributed by atoms with van der Waals surface area (Å²) >= 11 is 0. The zero-order valence-electron chi connectivity index (χ0n) is 12.1. The molecule has 4 amide bonds. The van der Waals surface area contributed by atoms with E-state index in [0.717, 1.165) is 9.80 Å². The number of barbiturate groups is 1. The SMILES string of the molecule is CCOc1ccc(C=C2C(=O)N(C)C(=O)N(C)C2=O)cc1. The number of urea groups is 1. The van der Waals surface area contributed by atoms with Gasteiger partial charge in [0.05, 0.1) is 6.61 Å². The highest BCUT2D eigenvalue weighted by Crippen LogP contribution is 2.19. The molecular weight excluding hydrogens is 272 g/mol. The van der Waals surface area contributed by atoms with Crippen molar-refractivity contribution in [2.45, 2.75) is 6.92 Å². The zero-order valence-corrected chi connectivity index (χ0v) is 12.1. The van der Waals surface area contributed by atoms with Gasteiger partial charge in [0.1, 0.15) is 11.3 Å². The molecule has 1 aromatic rings. The van der Waals surface area contributed by atoms with Gasteiger partial charge in [-0.3, -0.25) is 19.4 Å². The van der Waals surface area contributed by atoms with Gasteiger partial charge in [-0.2, -0.15) is 0 Å². The van der Waals surface area contributed by atoms with Crippen LogP contribution < -0.4 is 4.74 Å². The van der Waals surface area contributed by atoms with Crippen molar-refractivity contribution in [3.05, 3.63) is 35.4 Å². The van der Waals surface area contributed by atoms with Crippen LogP contribution >= 0.6 is 0 Å². The number of rotatable bonds is 3. The lowest BCUT2D eigenvalue weighted by molar-refractivity contribution is -0.134. The first-order valence-electron chi connectivity index (χ1n) is 6.50. The van der Waals surface area contributed by atoms with E-state index in [9.17, 15) is 14.4 Å². The van der Waals surface area contributed by atoms with E-state index in [4.69, 9.17) is 4.74 Å². The topological polar surface area (TPSA) is 66.9 Å². The molecule has 0 spiro atoms. The monoisotopic (exact) mass is 288 g/mol. The molecule has 0 aliphatic carbocycles. The number of hydrogen-bond donors (Lipinski definition) is 0. The highest BCUT2D eigenvalue weighted by Gasteiger charge is 2.37. The smallest absolute Gasteiger partial charge is 0.333 e. The van der Waals surface area contributed by atoms with E-state index in [1.54, 1.807) is 24.3 Å². The molecule has 6 heteroatoms. The van der Waals surface area contributed by atoms with Crippen molar-refractivity contribution in [2.75, 3.05) is 20.7 Å². The molecule has 1 aliphatic rings. The Kier molecular flexibility index (Phi) is 4.07. The van der Waals surface area contributed by atoms with Crippen LogP contribution in [0.1, 0.15) is 12.5 Å². The van der Waals surface area contributed by atoms with Gasteiger partial charge in [0.15, 0.2) is 0 Å². The Bertz CT molecular complexity index is 593. The Balaban J connectivity index is 2.32. The lowest BCUT2D eigenvalue weighted by Crippen LogP contribution is -2.52. The van der Waals surface area contributed by atoms with Gasteiger partial charge in [0.2, 0.25) is 0 Å². The van der Waals surface area contributed by atoms with Crippen molar-refractivity contribution in [1.82, 2.24) is 9.80 Å². The van der Waals surface area contributed by atoms with Crippen molar-refractivity contribution < 1.29 is 19.1 Å². The average molecular weight is 288 g/mol. The summed E-state index contributed by atoms with van der Waals surface area (Å²) in [7, 11) is 2.69. The molecule has 1 fully saturated rings. The van der Waals surface area contributed by atoms with E-state index >= 15 is 0 Å². The van der Waals surface area contributed by atoms with Crippen LogP contribution in [0.2, 0.25) is 0 Å². The molecule has 21 heavy (non-hydrogen) atoms. The number of hydrogen-bond acceptors (Lipinski definition) is 4. The third kappa shape index (κ3) is 2.79. The predicted molar refractivity (Wildman–Crippen MR) is 76.5 cm³/mol. The fourth-order valence-electron chi connectivity index (χ4n) is 1.97. The second kappa shape index (κ2) is 5.78. The molecule has 1 saturated heterocycles. The number of likely N-dealkylation sites (N-methyl/N-ethyl adjacent to an activating group) is 2. The normalized spacial score (nSPS) is 15.6. The number of carbonyl (C=O) groups is 3. The molecule has 2 rings (SSSR count). The maximum atomic E-state index is 12.0. The molecular formula is C15H16N2O4. The number of amides is 4. The maximum Gasteiger partial charge on any atom is 0.333 e. The second-order valence-corrected chi connectivity index (χ2v) is 4.57. The van der Waals surface area contributed by atoms with Crippen molar-refractivity contribution in [3.8, 4) is 5.75 Å². The molecule has 0 saturated carbocycles. The molecule has 1 aliphatic heterocycles. The van der Waals surface area contributed by atoms with Crippen LogP contribution in [0, 0.1) is 0 Å². The van der Waals surface area contributed by atoms with Gasteiger partial charge in [-0.1, -0.05) is 12.1 Å². The van der Waals surface area contributed by atoms with Crippen molar-refractivity contribution in [3.63, 3.8) is 0 Å². The number of ether oxygens (including phenoxy) is 1. The van der Waals surface area contributed by atoms with Crippen LogP contribution in [0.5, 0.6) is 5.75 Å². The third-order valence-electron chi connectivity index (χ3n) is 3.15. The van der Waals surface area contributed by atoms with E-state index in [1.165, 1.54) is 20.2 Å². The van der Waals surface area contributed by atoms with Gasteiger partial charge < -0.3 is 4.74 Å². The van der Waals surface area contributed by atoms with Gasteiger partial charge >= 0.3 is 6.03 Å². The minimum absolute atomic E-state index is 0.0382. The largest absolute Gasteiger partial charge is 0.494 e. The lowest BCUT2D eigenvalue weighted by Gasteiger charge is -2.28. The zero-order chi connectivity index (χ0) is 15.6. The summed E-state index contributed by atoms with van der Waals surface area (Å²) in [4.78, 5) is 37.5. The quantitative estimate of drug-likeness (QED) is 0.624. The van der Waals surface area contributed by atoms with Gasteiger partial charge in [-0.15, -0.1) is 0 Å². The predicted octanol–water partition coefficient (Wildman–Crippen LogP) is 1.52. The maximum absolute atomic E-state index is 12.0. The fourth-order valence-corrected chi connectivity index (χ4v) is 1.97. The summed E-state index contributed by atoms with van der Waals surface area (Å²) in [6.45, 7) is 2.45. The number of benzene rings is 1. The average Bonchev–Trinajstić information content (AvgIpc) is 2.49. The highest BCUT2D eigenvalue weighted by atomic mass is 16.5. The number of carbonyl (C=O) groups excluding carboxylic acids is 3. The van der Waals surface area contributed by atoms with Gasteiger partial charge in [-0.05, 0) is 30.7 Å². The Morgan fingerprint density at radius 3 is 2.00 bits per heavy atom. The van der Waals surface area contributed by atoms with Crippen molar-refractivity contribution >= 4 is 23.9 Å². The number of nitrogens with zero attached hydrogens (tertiary/aromatic N) is 2. The first kappa shape index (κ1) is 14.8. The summed E-state index contributed by atoms with van der Waals surface area (Å²) in [5.41, 5.74) is 0.648. The van der Waals surface area contributed by atoms with Crippen molar-refractivity contribution in [1.29, 1.82) is 0 Å². The summed E-state index contributed by atoms with van der Waals surface area (Å²) in [6.07, 6.45) is 1.47.